The molecule has 0 saturated heterocycles. The molecule has 3 aromatic carbocycles. The van der Waals surface area contributed by atoms with Crippen LogP contribution in [-0.4, -0.2) is 19.8 Å². The number of benzene rings is 3. The van der Waals surface area contributed by atoms with Crippen molar-refractivity contribution in [1.29, 1.82) is 0 Å². The number of carbonyl (C=O) groups is 1. The van der Waals surface area contributed by atoms with E-state index in [-0.39, 0.29) is 19.3 Å². The summed E-state index contributed by atoms with van der Waals surface area (Å²) < 4.78 is 22.0. The second kappa shape index (κ2) is 9.18. The average Bonchev–Trinajstić information content (AvgIpc) is 3.26. The minimum absolute atomic E-state index is 0.191. The topological polar surface area (TPSA) is 66.0 Å². The summed E-state index contributed by atoms with van der Waals surface area (Å²) >= 11 is 6.07. The molecule has 31 heavy (non-hydrogen) atoms. The maximum Gasteiger partial charge on any atom is 0.251 e. The Labute approximate surface area is 185 Å². The number of fused-ring (bicyclic) bond motifs is 1. The number of nitrogens with one attached hydrogen (secondary N) is 1. The summed E-state index contributed by atoms with van der Waals surface area (Å²) in [6, 6.07) is 16.3. The summed E-state index contributed by atoms with van der Waals surface area (Å²) in [5.74, 6) is 2.56. The number of amides is 1. The van der Waals surface area contributed by atoms with Crippen LogP contribution in [-0.2, 0) is 13.2 Å². The van der Waals surface area contributed by atoms with Crippen LogP contribution in [0.25, 0.3) is 0 Å². The number of hydrogen-bond acceptors (Lipinski definition) is 5. The number of halogens is 1. The van der Waals surface area contributed by atoms with Crippen molar-refractivity contribution >= 4 is 17.5 Å². The van der Waals surface area contributed by atoms with E-state index in [1.54, 1.807) is 31.4 Å². The smallest absolute Gasteiger partial charge is 0.251 e. The van der Waals surface area contributed by atoms with E-state index >= 15 is 0 Å². The van der Waals surface area contributed by atoms with Gasteiger partial charge in [-0.3, -0.25) is 4.79 Å². The van der Waals surface area contributed by atoms with Crippen LogP contribution in [0.1, 0.15) is 27.0 Å². The summed E-state index contributed by atoms with van der Waals surface area (Å²) in [5.41, 5.74) is 3.15. The molecule has 0 aliphatic carbocycles. The average molecular weight is 440 g/mol. The monoisotopic (exact) mass is 439 g/mol. The Bertz CT molecular complexity index is 1120. The first-order valence-corrected chi connectivity index (χ1v) is 10.1. The first-order chi connectivity index (χ1) is 15.0. The van der Waals surface area contributed by atoms with E-state index in [1.807, 2.05) is 37.3 Å². The minimum Gasteiger partial charge on any atom is -0.496 e. The lowest BCUT2D eigenvalue weighted by atomic mass is 10.1. The number of rotatable bonds is 7. The van der Waals surface area contributed by atoms with Crippen LogP contribution in [0.5, 0.6) is 23.0 Å². The summed E-state index contributed by atoms with van der Waals surface area (Å²) in [6.45, 7) is 2.77. The molecular formula is C24H22ClNO5. The highest BCUT2D eigenvalue weighted by atomic mass is 35.5. The molecule has 7 heteroatoms. The predicted molar refractivity (Wildman–Crippen MR) is 117 cm³/mol. The number of ether oxygens (including phenoxy) is 4. The molecule has 0 saturated carbocycles. The number of carbonyl (C=O) groups excluding carboxylic acids is 1. The molecule has 0 radical (unpaired) electrons. The highest BCUT2D eigenvalue weighted by Gasteiger charge is 2.15. The second-order valence-corrected chi connectivity index (χ2v) is 7.50. The third-order valence-electron chi connectivity index (χ3n) is 4.96. The van der Waals surface area contributed by atoms with E-state index in [0.717, 1.165) is 16.7 Å². The molecule has 1 aliphatic rings. The molecule has 0 unspecified atom stereocenters. The molecule has 4 rings (SSSR count). The SMILES string of the molecule is COc1ccc(C(=O)NCc2ccc3c(c2)OCO3)cc1COc1ccc(Cl)c(C)c1. The summed E-state index contributed by atoms with van der Waals surface area (Å²) in [6.07, 6.45) is 0. The van der Waals surface area contributed by atoms with E-state index in [9.17, 15) is 4.79 Å². The maximum atomic E-state index is 12.7. The summed E-state index contributed by atoms with van der Waals surface area (Å²) in [5, 5.41) is 3.61. The molecule has 6 nitrogen and oxygen atoms in total. The molecule has 0 aromatic heterocycles. The molecule has 3 aromatic rings. The van der Waals surface area contributed by atoms with Crippen molar-refractivity contribution in [3.63, 3.8) is 0 Å². The molecule has 0 bridgehead atoms. The van der Waals surface area contributed by atoms with Crippen LogP contribution in [0.4, 0.5) is 0 Å². The Balaban J connectivity index is 1.43. The fourth-order valence-electron chi connectivity index (χ4n) is 3.24. The Morgan fingerprint density at radius 1 is 1.06 bits per heavy atom. The molecule has 0 spiro atoms. The molecule has 0 atom stereocenters. The van der Waals surface area contributed by atoms with E-state index in [4.69, 9.17) is 30.5 Å². The third kappa shape index (κ3) is 4.86. The van der Waals surface area contributed by atoms with Gasteiger partial charge in [0.1, 0.15) is 18.1 Å². The van der Waals surface area contributed by atoms with E-state index in [0.29, 0.717) is 40.1 Å². The lowest BCUT2D eigenvalue weighted by Crippen LogP contribution is -2.23. The molecule has 0 fully saturated rings. The van der Waals surface area contributed by atoms with Crippen LogP contribution in [0.3, 0.4) is 0 Å². The van der Waals surface area contributed by atoms with Crippen molar-refractivity contribution in [3.8, 4) is 23.0 Å². The Morgan fingerprint density at radius 3 is 2.71 bits per heavy atom. The van der Waals surface area contributed by atoms with Gasteiger partial charge in [-0.2, -0.15) is 0 Å². The van der Waals surface area contributed by atoms with Gasteiger partial charge in [-0.05, 0) is 66.6 Å². The molecule has 1 N–H and O–H groups in total. The number of hydrogen-bond donors (Lipinski definition) is 1. The predicted octanol–water partition coefficient (Wildman–Crippen LogP) is 4.89. The van der Waals surface area contributed by atoms with Gasteiger partial charge in [0.2, 0.25) is 6.79 Å². The molecule has 1 heterocycles. The van der Waals surface area contributed by atoms with E-state index < -0.39 is 0 Å². The van der Waals surface area contributed by atoms with Crippen LogP contribution in [0, 0.1) is 6.92 Å². The van der Waals surface area contributed by atoms with Crippen LogP contribution in [0.2, 0.25) is 5.02 Å². The zero-order valence-corrected chi connectivity index (χ0v) is 18.0. The summed E-state index contributed by atoms with van der Waals surface area (Å²) in [4.78, 5) is 12.7. The Kier molecular flexibility index (Phi) is 6.18. The van der Waals surface area contributed by atoms with Crippen molar-refractivity contribution in [2.45, 2.75) is 20.1 Å². The van der Waals surface area contributed by atoms with Gasteiger partial charge in [0.15, 0.2) is 11.5 Å². The zero-order chi connectivity index (χ0) is 21.8. The summed E-state index contributed by atoms with van der Waals surface area (Å²) in [7, 11) is 1.59. The van der Waals surface area contributed by atoms with Crippen molar-refractivity contribution < 1.29 is 23.7 Å². The normalized spacial score (nSPS) is 11.8. The number of methoxy groups -OCH3 is 1. The Hall–Kier alpha value is -3.38. The second-order valence-electron chi connectivity index (χ2n) is 7.10. The Morgan fingerprint density at radius 2 is 1.90 bits per heavy atom. The quantitative estimate of drug-likeness (QED) is 0.567. The van der Waals surface area contributed by atoms with Gasteiger partial charge in [0.05, 0.1) is 7.11 Å². The highest BCUT2D eigenvalue weighted by Crippen LogP contribution is 2.32. The van der Waals surface area contributed by atoms with Gasteiger partial charge in [-0.1, -0.05) is 17.7 Å². The van der Waals surface area contributed by atoms with Crippen LogP contribution >= 0.6 is 11.6 Å². The highest BCUT2D eigenvalue weighted by molar-refractivity contribution is 6.31. The molecular weight excluding hydrogens is 418 g/mol. The van der Waals surface area contributed by atoms with Crippen LogP contribution in [0.15, 0.2) is 54.6 Å². The zero-order valence-electron chi connectivity index (χ0n) is 17.2. The van der Waals surface area contributed by atoms with E-state index in [2.05, 4.69) is 5.32 Å². The first kappa shape index (κ1) is 20.9. The van der Waals surface area contributed by atoms with E-state index in [1.165, 1.54) is 0 Å². The standard InChI is InChI=1S/C24H22ClNO5/c1-15-9-19(5-6-20(15)25)29-13-18-11-17(4-8-21(18)28-2)24(27)26-12-16-3-7-22-23(10-16)31-14-30-22/h3-11H,12-14H2,1-2H3,(H,26,27). The van der Waals surface area contributed by atoms with Gasteiger partial charge in [0, 0.05) is 22.7 Å². The fraction of sp³-hybridized carbons (Fsp3) is 0.208. The van der Waals surface area contributed by atoms with Gasteiger partial charge in [-0.25, -0.2) is 0 Å². The minimum atomic E-state index is -0.191. The lowest BCUT2D eigenvalue weighted by Gasteiger charge is -2.13. The fourth-order valence-corrected chi connectivity index (χ4v) is 3.35. The first-order valence-electron chi connectivity index (χ1n) is 9.76. The van der Waals surface area contributed by atoms with Gasteiger partial charge in [0.25, 0.3) is 5.91 Å². The van der Waals surface area contributed by atoms with Crippen molar-refractivity contribution in [3.05, 3.63) is 81.9 Å². The van der Waals surface area contributed by atoms with Gasteiger partial charge < -0.3 is 24.3 Å². The van der Waals surface area contributed by atoms with Gasteiger partial charge in [-0.15, -0.1) is 0 Å². The third-order valence-corrected chi connectivity index (χ3v) is 5.38. The molecule has 1 amide bonds. The van der Waals surface area contributed by atoms with Crippen molar-refractivity contribution in [1.82, 2.24) is 5.32 Å². The maximum absolute atomic E-state index is 12.7. The largest absolute Gasteiger partial charge is 0.496 e. The lowest BCUT2D eigenvalue weighted by molar-refractivity contribution is 0.0950. The van der Waals surface area contributed by atoms with Gasteiger partial charge >= 0.3 is 0 Å². The van der Waals surface area contributed by atoms with Crippen molar-refractivity contribution in [2.24, 2.45) is 0 Å². The number of aryl methyl sites for hydroxylation is 1. The molecule has 160 valence electrons. The molecule has 1 aliphatic heterocycles. The van der Waals surface area contributed by atoms with Crippen molar-refractivity contribution in [2.75, 3.05) is 13.9 Å². The van der Waals surface area contributed by atoms with Crippen LogP contribution < -0.4 is 24.3 Å².